The Bertz CT molecular complexity index is 468. The number of hydrogen-bond acceptors (Lipinski definition) is 4. The van der Waals surface area contributed by atoms with Crippen molar-refractivity contribution in [1.82, 2.24) is 9.97 Å². The maximum Gasteiger partial charge on any atom is 0.134 e. The minimum absolute atomic E-state index is 0.00918. The molecule has 0 spiro atoms. The van der Waals surface area contributed by atoms with E-state index in [2.05, 4.69) is 23.8 Å². The van der Waals surface area contributed by atoms with E-state index >= 15 is 0 Å². The number of nitrogens with zero attached hydrogens (tertiary/aromatic N) is 2. The SMILES string of the molecule is CC(C)C(CO)c1nccc(-c2cccs2)n1. The van der Waals surface area contributed by atoms with Crippen molar-refractivity contribution >= 4 is 11.3 Å². The molecule has 2 aromatic rings. The first-order valence-electron chi connectivity index (χ1n) is 5.70. The molecular formula is C13H16N2OS. The maximum atomic E-state index is 9.39. The Morgan fingerprint density at radius 3 is 2.76 bits per heavy atom. The predicted molar refractivity (Wildman–Crippen MR) is 70.0 cm³/mol. The number of aromatic nitrogens is 2. The van der Waals surface area contributed by atoms with Crippen LogP contribution in [0.3, 0.4) is 0 Å². The topological polar surface area (TPSA) is 46.0 Å². The molecule has 4 heteroatoms. The Morgan fingerprint density at radius 1 is 1.35 bits per heavy atom. The molecule has 1 atom stereocenters. The van der Waals surface area contributed by atoms with E-state index in [1.54, 1.807) is 17.5 Å². The third-order valence-corrected chi connectivity index (χ3v) is 3.67. The van der Waals surface area contributed by atoms with Crippen molar-refractivity contribution in [2.75, 3.05) is 6.61 Å². The molecule has 0 aromatic carbocycles. The van der Waals surface area contributed by atoms with Crippen LogP contribution in [-0.2, 0) is 0 Å². The van der Waals surface area contributed by atoms with Gasteiger partial charge in [-0.25, -0.2) is 9.97 Å². The number of thiophene rings is 1. The summed E-state index contributed by atoms with van der Waals surface area (Å²) in [5.41, 5.74) is 0.934. The van der Waals surface area contributed by atoms with Gasteiger partial charge in [0.1, 0.15) is 5.82 Å². The van der Waals surface area contributed by atoms with Crippen LogP contribution in [-0.4, -0.2) is 21.7 Å². The van der Waals surface area contributed by atoms with Gasteiger partial charge < -0.3 is 5.11 Å². The zero-order valence-electron chi connectivity index (χ0n) is 10.00. The van der Waals surface area contributed by atoms with Gasteiger partial charge in [-0.2, -0.15) is 0 Å². The lowest BCUT2D eigenvalue weighted by Crippen LogP contribution is -2.14. The van der Waals surface area contributed by atoms with Crippen LogP contribution in [0.2, 0.25) is 0 Å². The smallest absolute Gasteiger partial charge is 0.134 e. The van der Waals surface area contributed by atoms with Gasteiger partial charge in [-0.3, -0.25) is 0 Å². The Labute approximate surface area is 105 Å². The lowest BCUT2D eigenvalue weighted by molar-refractivity contribution is 0.232. The van der Waals surface area contributed by atoms with Crippen LogP contribution in [0.25, 0.3) is 10.6 Å². The first-order chi connectivity index (χ1) is 8.22. The second kappa shape index (κ2) is 5.38. The van der Waals surface area contributed by atoms with E-state index < -0.39 is 0 Å². The van der Waals surface area contributed by atoms with Gasteiger partial charge in [0.15, 0.2) is 0 Å². The molecular weight excluding hydrogens is 232 g/mol. The second-order valence-corrected chi connectivity index (χ2v) is 5.26. The van der Waals surface area contributed by atoms with Gasteiger partial charge in [-0.15, -0.1) is 11.3 Å². The van der Waals surface area contributed by atoms with Gasteiger partial charge in [-0.1, -0.05) is 19.9 Å². The highest BCUT2D eigenvalue weighted by atomic mass is 32.1. The first-order valence-corrected chi connectivity index (χ1v) is 6.58. The lowest BCUT2D eigenvalue weighted by atomic mass is 9.96. The van der Waals surface area contributed by atoms with Crippen molar-refractivity contribution in [3.8, 4) is 10.6 Å². The van der Waals surface area contributed by atoms with Crippen molar-refractivity contribution in [2.45, 2.75) is 19.8 Å². The van der Waals surface area contributed by atoms with Gasteiger partial charge in [0.2, 0.25) is 0 Å². The van der Waals surface area contributed by atoms with Gasteiger partial charge in [-0.05, 0) is 23.4 Å². The summed E-state index contributed by atoms with van der Waals surface area (Å²) in [6.45, 7) is 4.23. The molecule has 2 rings (SSSR count). The summed E-state index contributed by atoms with van der Waals surface area (Å²) < 4.78 is 0. The molecule has 0 amide bonds. The first kappa shape index (κ1) is 12.2. The van der Waals surface area contributed by atoms with E-state index in [4.69, 9.17) is 0 Å². The molecule has 2 heterocycles. The molecule has 0 radical (unpaired) electrons. The molecule has 0 aliphatic carbocycles. The van der Waals surface area contributed by atoms with Crippen molar-refractivity contribution in [3.63, 3.8) is 0 Å². The van der Waals surface area contributed by atoms with E-state index in [-0.39, 0.29) is 12.5 Å². The van der Waals surface area contributed by atoms with E-state index in [1.165, 1.54) is 0 Å². The van der Waals surface area contributed by atoms with Crippen LogP contribution < -0.4 is 0 Å². The summed E-state index contributed by atoms with van der Waals surface area (Å²) in [7, 11) is 0. The van der Waals surface area contributed by atoms with Crippen LogP contribution in [0.4, 0.5) is 0 Å². The van der Waals surface area contributed by atoms with Crippen molar-refractivity contribution in [3.05, 3.63) is 35.6 Å². The lowest BCUT2D eigenvalue weighted by Gasteiger charge is -2.16. The number of aliphatic hydroxyl groups is 1. The highest BCUT2D eigenvalue weighted by Crippen LogP contribution is 2.25. The molecule has 3 nitrogen and oxygen atoms in total. The summed E-state index contributed by atoms with van der Waals surface area (Å²) in [6.07, 6.45) is 1.77. The number of aliphatic hydroxyl groups excluding tert-OH is 1. The molecule has 0 saturated heterocycles. The normalized spacial score (nSPS) is 12.9. The zero-order chi connectivity index (χ0) is 12.3. The monoisotopic (exact) mass is 248 g/mol. The Balaban J connectivity index is 2.34. The molecule has 90 valence electrons. The minimum atomic E-state index is 0.00918. The van der Waals surface area contributed by atoms with Crippen LogP contribution in [0.15, 0.2) is 29.8 Å². The van der Waals surface area contributed by atoms with E-state index in [9.17, 15) is 5.11 Å². The molecule has 0 aliphatic heterocycles. The van der Waals surface area contributed by atoms with Crippen LogP contribution in [0.1, 0.15) is 25.6 Å². The summed E-state index contributed by atoms with van der Waals surface area (Å²) in [6, 6.07) is 5.96. The van der Waals surface area contributed by atoms with E-state index in [1.807, 2.05) is 23.6 Å². The highest BCUT2D eigenvalue weighted by molar-refractivity contribution is 7.13. The fourth-order valence-electron chi connectivity index (χ4n) is 1.70. The molecule has 0 bridgehead atoms. The van der Waals surface area contributed by atoms with Crippen LogP contribution in [0.5, 0.6) is 0 Å². The third-order valence-electron chi connectivity index (χ3n) is 2.78. The molecule has 0 fully saturated rings. The molecule has 17 heavy (non-hydrogen) atoms. The molecule has 1 N–H and O–H groups in total. The van der Waals surface area contributed by atoms with E-state index in [0.717, 1.165) is 16.4 Å². The largest absolute Gasteiger partial charge is 0.396 e. The number of rotatable bonds is 4. The van der Waals surface area contributed by atoms with Gasteiger partial charge in [0, 0.05) is 12.1 Å². The molecule has 0 aliphatic rings. The fraction of sp³-hybridized carbons (Fsp3) is 0.385. The van der Waals surface area contributed by atoms with Crippen LogP contribution >= 0.6 is 11.3 Å². The summed E-state index contributed by atoms with van der Waals surface area (Å²) >= 11 is 1.66. The number of hydrogen-bond donors (Lipinski definition) is 1. The summed E-state index contributed by atoms with van der Waals surface area (Å²) in [5, 5.41) is 11.4. The third kappa shape index (κ3) is 2.70. The van der Waals surface area contributed by atoms with E-state index in [0.29, 0.717) is 5.92 Å². The fourth-order valence-corrected chi connectivity index (χ4v) is 2.40. The molecule has 1 unspecified atom stereocenters. The Hall–Kier alpha value is -1.26. The van der Waals surface area contributed by atoms with Crippen molar-refractivity contribution in [1.29, 1.82) is 0 Å². The van der Waals surface area contributed by atoms with Gasteiger partial charge in [0.05, 0.1) is 17.2 Å². The standard InChI is InChI=1S/C13H16N2OS/c1-9(2)10(8-16)13-14-6-5-11(15-13)12-4-3-7-17-12/h3-7,9-10,16H,8H2,1-2H3. The van der Waals surface area contributed by atoms with Crippen molar-refractivity contribution < 1.29 is 5.11 Å². The summed E-state index contributed by atoms with van der Waals surface area (Å²) in [5.74, 6) is 1.07. The van der Waals surface area contributed by atoms with Crippen LogP contribution in [0, 0.1) is 5.92 Å². The zero-order valence-corrected chi connectivity index (χ0v) is 10.8. The van der Waals surface area contributed by atoms with Crippen molar-refractivity contribution in [2.24, 2.45) is 5.92 Å². The minimum Gasteiger partial charge on any atom is -0.396 e. The Morgan fingerprint density at radius 2 is 2.18 bits per heavy atom. The average Bonchev–Trinajstić information content (AvgIpc) is 2.83. The predicted octanol–water partition coefficient (Wildman–Crippen LogP) is 2.94. The highest BCUT2D eigenvalue weighted by Gasteiger charge is 2.18. The second-order valence-electron chi connectivity index (χ2n) is 4.31. The molecule has 2 aromatic heterocycles. The summed E-state index contributed by atoms with van der Waals surface area (Å²) in [4.78, 5) is 9.96. The Kier molecular flexibility index (Phi) is 3.86. The van der Waals surface area contributed by atoms with Gasteiger partial charge in [0.25, 0.3) is 0 Å². The quantitative estimate of drug-likeness (QED) is 0.905. The molecule has 0 saturated carbocycles. The maximum absolute atomic E-state index is 9.39. The van der Waals surface area contributed by atoms with Gasteiger partial charge >= 0.3 is 0 Å². The average molecular weight is 248 g/mol.